The Morgan fingerprint density at radius 2 is 0.556 bits per heavy atom. The molecule has 0 rings (SSSR count). The minimum absolute atomic E-state index is 0. The van der Waals surface area contributed by atoms with Gasteiger partial charge in [-0.1, -0.05) is 0 Å². The van der Waals surface area contributed by atoms with E-state index < -0.39 is 19.3 Å². The van der Waals surface area contributed by atoms with Crippen LogP contribution in [0.25, 0.3) is 0 Å². The summed E-state index contributed by atoms with van der Waals surface area (Å²) < 4.78 is 14.5. The second kappa shape index (κ2) is 80.7. The van der Waals surface area contributed by atoms with Gasteiger partial charge in [0.05, 0.1) is 0 Å². The Balaban J connectivity index is -0.00000000133. The van der Waals surface area contributed by atoms with Crippen LogP contribution >= 0.6 is 74.4 Å². The summed E-state index contributed by atoms with van der Waals surface area (Å²) in [5, 5.41) is 0. The second-order valence-corrected chi connectivity index (χ2v) is 0.518. The number of hydrogen-bond donors (Lipinski definition) is 2. The molecule has 0 saturated carbocycles. The standard InChI is InChI=1S/6ClH.2H2O.Pt/h6*1H;2*1H2;/q;;;;;;;;+2/p-2. The second-order valence-electron chi connectivity index (χ2n) is 0.0632. The van der Waals surface area contributed by atoms with E-state index in [0.29, 0.717) is 0 Å². The summed E-state index contributed by atoms with van der Waals surface area (Å²) in [7, 11) is 0. The van der Waals surface area contributed by atoms with Crippen molar-refractivity contribution in [2.45, 2.75) is 0 Å². The molecule has 0 aliphatic heterocycles. The molecule has 0 atom stereocenters. The van der Waals surface area contributed by atoms with E-state index in [9.17, 15) is 0 Å². The number of hydrogen-bond acceptors (Lipinski definition) is 2. The third kappa shape index (κ3) is 131. The van der Waals surface area contributed by atoms with Gasteiger partial charge in [-0.3, -0.25) is 0 Å². The first-order valence-corrected chi connectivity index (χ1v) is 2.32. The molecule has 0 aliphatic rings. The fourth-order valence-corrected chi connectivity index (χ4v) is 0. The fraction of sp³-hybridized carbons (Fsp3) is 0. The van der Waals surface area contributed by atoms with Crippen molar-refractivity contribution >= 4 is 74.4 Å². The van der Waals surface area contributed by atoms with E-state index in [1.54, 1.807) is 0 Å². The fourth-order valence-electron chi connectivity index (χ4n) is 0. The van der Waals surface area contributed by atoms with Crippen molar-refractivity contribution in [1.29, 1.82) is 0 Å². The van der Waals surface area contributed by atoms with Crippen LogP contribution in [0.3, 0.4) is 0 Å². The molecule has 0 fully saturated rings. The summed E-state index contributed by atoms with van der Waals surface area (Å²) >= 11 is -1.42. The first-order valence-electron chi connectivity index (χ1n) is 0.283. The molecule has 0 aromatic rings. The summed E-state index contributed by atoms with van der Waals surface area (Å²) in [4.78, 5) is 0. The SMILES string of the molecule is Cl.Cl.Cl.Cl.Cl.Cl.[OH][Pt][OH]. The first-order chi connectivity index (χ1) is 1.41. The molecule has 0 saturated heterocycles. The Bertz CT molecular complexity index is 11.0. The number of halogens is 6. The van der Waals surface area contributed by atoms with Crippen molar-refractivity contribution in [3.63, 3.8) is 0 Å². The van der Waals surface area contributed by atoms with Crippen LogP contribution in [0.4, 0.5) is 0 Å². The first kappa shape index (κ1) is 64.3. The topological polar surface area (TPSA) is 40.5 Å². The molecule has 9 heavy (non-hydrogen) atoms. The Kier molecular flexibility index (Phi) is 576. The predicted octanol–water partition coefficient (Wildman–Crippen LogP) is 1.41. The Hall–Kier alpha value is 2.35. The molecule has 0 bridgehead atoms. The Morgan fingerprint density at radius 3 is 0.556 bits per heavy atom. The van der Waals surface area contributed by atoms with E-state index in [0.717, 1.165) is 0 Å². The van der Waals surface area contributed by atoms with Gasteiger partial charge in [0.25, 0.3) is 0 Å². The summed E-state index contributed by atoms with van der Waals surface area (Å²) in [5.41, 5.74) is 0. The molecule has 0 aromatic heterocycles. The minimum atomic E-state index is -1.42. The summed E-state index contributed by atoms with van der Waals surface area (Å²) in [6.07, 6.45) is 0. The van der Waals surface area contributed by atoms with Crippen molar-refractivity contribution in [3.8, 4) is 0 Å². The molecule has 2 nitrogen and oxygen atoms in total. The van der Waals surface area contributed by atoms with Crippen LogP contribution in [-0.2, 0) is 19.3 Å². The van der Waals surface area contributed by atoms with Crippen molar-refractivity contribution in [2.75, 3.05) is 0 Å². The van der Waals surface area contributed by atoms with Crippen LogP contribution in [0, 0.1) is 0 Å². The van der Waals surface area contributed by atoms with Gasteiger partial charge in [0.15, 0.2) is 0 Å². The average molecular weight is 448 g/mol. The maximum absolute atomic E-state index is 7.24. The van der Waals surface area contributed by atoms with Gasteiger partial charge in [-0.05, 0) is 0 Å². The van der Waals surface area contributed by atoms with Crippen molar-refractivity contribution in [3.05, 3.63) is 0 Å². The van der Waals surface area contributed by atoms with Gasteiger partial charge in [-0.15, -0.1) is 74.4 Å². The zero-order valence-electron chi connectivity index (χ0n) is 3.66. The van der Waals surface area contributed by atoms with Gasteiger partial charge < -0.3 is 0 Å². The molecule has 0 unspecified atom stereocenters. The predicted molar refractivity (Wildman–Crippen MR) is 47.9 cm³/mol. The normalized spacial score (nSPS) is 2.44. The van der Waals surface area contributed by atoms with Crippen LogP contribution in [-0.4, -0.2) is 7.52 Å². The monoisotopic (exact) mass is 445 g/mol. The average Bonchev–Trinajstić information content (AvgIpc) is 0.918. The van der Waals surface area contributed by atoms with Crippen LogP contribution < -0.4 is 0 Å². The number of rotatable bonds is 0. The van der Waals surface area contributed by atoms with Crippen LogP contribution in [0.5, 0.6) is 0 Å². The quantitative estimate of drug-likeness (QED) is 0.589. The zero-order valence-corrected chi connectivity index (χ0v) is 10.8. The molecule has 0 aliphatic carbocycles. The molecule has 0 heterocycles. The van der Waals surface area contributed by atoms with E-state index in [2.05, 4.69) is 0 Å². The molecule has 0 radical (unpaired) electrons. The van der Waals surface area contributed by atoms with Gasteiger partial charge in [0.1, 0.15) is 0 Å². The molecule has 0 amide bonds. The van der Waals surface area contributed by atoms with Crippen molar-refractivity contribution in [2.24, 2.45) is 0 Å². The van der Waals surface area contributed by atoms with Gasteiger partial charge in [0, 0.05) is 0 Å². The van der Waals surface area contributed by atoms with E-state index in [1.807, 2.05) is 0 Å². The van der Waals surface area contributed by atoms with E-state index >= 15 is 0 Å². The summed E-state index contributed by atoms with van der Waals surface area (Å²) in [6, 6.07) is 0. The Morgan fingerprint density at radius 1 is 0.556 bits per heavy atom. The van der Waals surface area contributed by atoms with E-state index in [4.69, 9.17) is 7.52 Å². The molecule has 0 aromatic carbocycles. The molecule has 9 heteroatoms. The van der Waals surface area contributed by atoms with E-state index in [1.165, 1.54) is 0 Å². The molecule has 0 spiro atoms. The maximum atomic E-state index is 7.24. The van der Waals surface area contributed by atoms with Gasteiger partial charge in [-0.25, -0.2) is 0 Å². The third-order valence-corrected chi connectivity index (χ3v) is 0. The van der Waals surface area contributed by atoms with Crippen LogP contribution in [0.2, 0.25) is 0 Å². The van der Waals surface area contributed by atoms with Crippen LogP contribution in [0.15, 0.2) is 0 Å². The van der Waals surface area contributed by atoms with Gasteiger partial charge in [0.2, 0.25) is 0 Å². The molecular formula is H8Cl6O2Pt. The zero-order chi connectivity index (χ0) is 2.71. The Labute approximate surface area is 100 Å². The van der Waals surface area contributed by atoms with Gasteiger partial charge >= 0.3 is 26.8 Å². The third-order valence-electron chi connectivity index (χ3n) is 0. The molecule has 72 valence electrons. The summed E-state index contributed by atoms with van der Waals surface area (Å²) in [5.74, 6) is 0. The van der Waals surface area contributed by atoms with Crippen molar-refractivity contribution in [1.82, 2.24) is 0 Å². The molecular weight excluding hydrogens is 440 g/mol. The van der Waals surface area contributed by atoms with Gasteiger partial charge in [-0.2, -0.15) is 0 Å². The van der Waals surface area contributed by atoms with Crippen LogP contribution in [0.1, 0.15) is 0 Å². The van der Waals surface area contributed by atoms with Crippen molar-refractivity contribution < 1.29 is 26.8 Å². The summed E-state index contributed by atoms with van der Waals surface area (Å²) in [6.45, 7) is 0. The van der Waals surface area contributed by atoms with E-state index in [-0.39, 0.29) is 74.4 Å². The molecule has 2 N–H and O–H groups in total.